The molecule has 1 rings (SSSR count). The fraction of sp³-hybridized carbons (Fsp3) is 0.545. The maximum Gasteiger partial charge on any atom is 0.328 e. The lowest BCUT2D eigenvalue weighted by Gasteiger charge is -2.26. The molecule has 6 atom stereocenters. The van der Waals surface area contributed by atoms with Gasteiger partial charge in [0.1, 0.15) is 17.8 Å². The van der Waals surface area contributed by atoms with Crippen LogP contribution in [0.25, 0.3) is 0 Å². The second kappa shape index (κ2) is 14.5. The number of nitrogens with two attached hydrogens (primary N) is 1. The Balaban J connectivity index is 2.90. The van der Waals surface area contributed by atoms with Gasteiger partial charge in [0.25, 0.3) is 0 Å². The minimum atomic E-state index is -1.58. The van der Waals surface area contributed by atoms with Crippen LogP contribution in [-0.4, -0.2) is 92.5 Å². The van der Waals surface area contributed by atoms with Crippen molar-refractivity contribution in [1.82, 2.24) is 16.0 Å². The standard InChI is InChI=1S/C22H34N4O8S/c1-11(27)17(25-19(30)15(23)10-13-4-6-14(29)7-5-13)21(32)24-16(8-9-35-3)20(31)26-18(12(2)28)22(33)34/h4-7,11-12,15-18,27-29H,8-10,23H2,1-3H3,(H,24,32)(H,25,30)(H,26,31)(H,33,34). The topological polar surface area (TPSA) is 211 Å². The minimum absolute atomic E-state index is 0.0563. The van der Waals surface area contributed by atoms with Crippen LogP contribution in [0.2, 0.25) is 0 Å². The van der Waals surface area contributed by atoms with E-state index in [2.05, 4.69) is 16.0 Å². The van der Waals surface area contributed by atoms with Crippen LogP contribution >= 0.6 is 11.8 Å². The quantitative estimate of drug-likeness (QED) is 0.141. The van der Waals surface area contributed by atoms with Gasteiger partial charge in [0.2, 0.25) is 17.7 Å². The molecule has 1 aromatic carbocycles. The molecule has 0 fully saturated rings. The zero-order chi connectivity index (χ0) is 26.7. The number of hydrogen-bond donors (Lipinski definition) is 8. The van der Waals surface area contributed by atoms with Gasteiger partial charge in [-0.05, 0) is 56.4 Å². The van der Waals surface area contributed by atoms with E-state index in [0.29, 0.717) is 11.3 Å². The number of hydrogen-bond acceptors (Lipinski definition) is 9. The van der Waals surface area contributed by atoms with E-state index in [4.69, 9.17) is 5.73 Å². The smallest absolute Gasteiger partial charge is 0.328 e. The predicted molar refractivity (Wildman–Crippen MR) is 130 cm³/mol. The summed E-state index contributed by atoms with van der Waals surface area (Å²) in [6, 6.07) is 0.801. The van der Waals surface area contributed by atoms with E-state index < -0.39 is 60.1 Å². The molecule has 0 saturated carbocycles. The zero-order valence-corrected chi connectivity index (χ0v) is 20.6. The number of aliphatic hydroxyl groups excluding tert-OH is 2. The summed E-state index contributed by atoms with van der Waals surface area (Å²) in [6.45, 7) is 2.48. The van der Waals surface area contributed by atoms with E-state index in [9.17, 15) is 39.6 Å². The number of phenolic OH excluding ortho intramolecular Hbond substituents is 1. The van der Waals surface area contributed by atoms with Crippen molar-refractivity contribution in [3.05, 3.63) is 29.8 Å². The Labute approximate surface area is 207 Å². The summed E-state index contributed by atoms with van der Waals surface area (Å²) >= 11 is 1.39. The fourth-order valence-corrected chi connectivity index (χ4v) is 3.52. The van der Waals surface area contributed by atoms with Crippen LogP contribution in [0.15, 0.2) is 24.3 Å². The molecule has 0 aliphatic rings. The highest BCUT2D eigenvalue weighted by molar-refractivity contribution is 7.98. The van der Waals surface area contributed by atoms with E-state index in [-0.39, 0.29) is 18.6 Å². The Morgan fingerprint density at radius 2 is 1.46 bits per heavy atom. The van der Waals surface area contributed by atoms with Gasteiger partial charge >= 0.3 is 5.97 Å². The van der Waals surface area contributed by atoms with E-state index in [1.807, 2.05) is 0 Å². The Hall–Kier alpha value is -2.87. The number of phenols is 1. The molecule has 13 heteroatoms. The van der Waals surface area contributed by atoms with E-state index in [1.165, 1.54) is 37.7 Å². The highest BCUT2D eigenvalue weighted by Crippen LogP contribution is 2.11. The molecule has 0 bridgehead atoms. The minimum Gasteiger partial charge on any atom is -0.508 e. The van der Waals surface area contributed by atoms with Crippen molar-refractivity contribution in [2.45, 2.75) is 63.1 Å². The summed E-state index contributed by atoms with van der Waals surface area (Å²) in [7, 11) is 0. The monoisotopic (exact) mass is 514 g/mol. The number of carboxylic acid groups (broad SMARTS) is 1. The molecule has 1 aromatic rings. The number of benzene rings is 1. The molecule has 196 valence electrons. The van der Waals surface area contributed by atoms with Gasteiger partial charge in [-0.15, -0.1) is 0 Å². The van der Waals surface area contributed by atoms with Gasteiger partial charge < -0.3 is 42.1 Å². The average molecular weight is 515 g/mol. The molecule has 35 heavy (non-hydrogen) atoms. The largest absolute Gasteiger partial charge is 0.508 e. The Bertz CT molecular complexity index is 866. The number of aromatic hydroxyl groups is 1. The van der Waals surface area contributed by atoms with Gasteiger partial charge in [-0.2, -0.15) is 11.8 Å². The average Bonchev–Trinajstić information content (AvgIpc) is 2.78. The second-order valence-electron chi connectivity index (χ2n) is 8.11. The fourth-order valence-electron chi connectivity index (χ4n) is 3.05. The van der Waals surface area contributed by atoms with Crippen LogP contribution in [0.4, 0.5) is 0 Å². The lowest BCUT2D eigenvalue weighted by molar-refractivity contribution is -0.145. The summed E-state index contributed by atoms with van der Waals surface area (Å²) in [5.41, 5.74) is 6.60. The molecule has 0 radical (unpaired) electrons. The maximum atomic E-state index is 12.9. The Kier molecular flexibility index (Phi) is 12.5. The lowest BCUT2D eigenvalue weighted by atomic mass is 10.0. The van der Waals surface area contributed by atoms with E-state index >= 15 is 0 Å². The predicted octanol–water partition coefficient (Wildman–Crippen LogP) is -1.68. The summed E-state index contributed by atoms with van der Waals surface area (Å²) in [5.74, 6) is -3.37. The molecule has 12 nitrogen and oxygen atoms in total. The molecule has 3 amide bonds. The summed E-state index contributed by atoms with van der Waals surface area (Å²) in [5, 5.41) is 45.3. The first-order valence-corrected chi connectivity index (χ1v) is 12.3. The highest BCUT2D eigenvalue weighted by Gasteiger charge is 2.33. The van der Waals surface area contributed by atoms with Crippen molar-refractivity contribution in [3.8, 4) is 5.75 Å². The van der Waals surface area contributed by atoms with Crippen LogP contribution in [0, 0.1) is 0 Å². The van der Waals surface area contributed by atoms with Crippen LogP contribution < -0.4 is 21.7 Å². The zero-order valence-electron chi connectivity index (χ0n) is 19.8. The van der Waals surface area contributed by atoms with Crippen LogP contribution in [0.1, 0.15) is 25.8 Å². The molecule has 0 aromatic heterocycles. The number of thioether (sulfide) groups is 1. The lowest BCUT2D eigenvalue weighted by Crippen LogP contribution is -2.60. The highest BCUT2D eigenvalue weighted by atomic mass is 32.2. The van der Waals surface area contributed by atoms with Crippen molar-refractivity contribution in [3.63, 3.8) is 0 Å². The van der Waals surface area contributed by atoms with Crippen LogP contribution in [0.5, 0.6) is 5.75 Å². The third-order valence-corrected chi connectivity index (χ3v) is 5.73. The molecule has 0 saturated heterocycles. The maximum absolute atomic E-state index is 12.9. The van der Waals surface area contributed by atoms with Crippen molar-refractivity contribution >= 4 is 35.5 Å². The van der Waals surface area contributed by atoms with Crippen LogP contribution in [-0.2, 0) is 25.6 Å². The number of amides is 3. The first kappa shape index (κ1) is 30.2. The summed E-state index contributed by atoms with van der Waals surface area (Å²) < 4.78 is 0. The number of rotatable bonds is 14. The van der Waals surface area contributed by atoms with Crippen molar-refractivity contribution in [2.24, 2.45) is 5.73 Å². The number of aliphatic hydroxyl groups is 2. The van der Waals surface area contributed by atoms with Gasteiger partial charge in [0, 0.05) is 0 Å². The Morgan fingerprint density at radius 1 is 0.914 bits per heavy atom. The number of carboxylic acids is 1. The molecule has 0 aliphatic carbocycles. The number of carbonyl (C=O) groups is 4. The van der Waals surface area contributed by atoms with Gasteiger partial charge in [0.05, 0.1) is 18.2 Å². The number of carbonyl (C=O) groups excluding carboxylic acids is 3. The summed E-state index contributed by atoms with van der Waals surface area (Å²) in [4.78, 5) is 49.4. The first-order chi connectivity index (χ1) is 16.4. The van der Waals surface area contributed by atoms with Crippen molar-refractivity contribution in [2.75, 3.05) is 12.0 Å². The van der Waals surface area contributed by atoms with E-state index in [1.54, 1.807) is 18.4 Å². The SMILES string of the molecule is CSCCC(NC(=O)C(NC(=O)C(N)Cc1ccc(O)cc1)C(C)O)C(=O)NC(C(=O)O)C(C)O. The molecule has 0 spiro atoms. The van der Waals surface area contributed by atoms with Gasteiger partial charge in [0.15, 0.2) is 6.04 Å². The van der Waals surface area contributed by atoms with Crippen molar-refractivity contribution in [1.29, 1.82) is 0 Å². The van der Waals surface area contributed by atoms with E-state index in [0.717, 1.165) is 0 Å². The number of aliphatic carboxylic acids is 1. The number of nitrogens with one attached hydrogen (secondary N) is 3. The Morgan fingerprint density at radius 3 is 1.94 bits per heavy atom. The van der Waals surface area contributed by atoms with Gasteiger partial charge in [-0.3, -0.25) is 14.4 Å². The molecule has 9 N–H and O–H groups in total. The molecular weight excluding hydrogens is 480 g/mol. The third-order valence-electron chi connectivity index (χ3n) is 5.08. The van der Waals surface area contributed by atoms with Gasteiger partial charge in [-0.25, -0.2) is 4.79 Å². The van der Waals surface area contributed by atoms with Gasteiger partial charge in [-0.1, -0.05) is 12.1 Å². The first-order valence-electron chi connectivity index (χ1n) is 10.9. The second-order valence-corrected chi connectivity index (χ2v) is 9.10. The molecular formula is C22H34N4O8S. The summed E-state index contributed by atoms with van der Waals surface area (Å²) in [6.07, 6.45) is -0.706. The molecule has 0 heterocycles. The normalized spacial score (nSPS) is 16.2. The third kappa shape index (κ3) is 10.1. The van der Waals surface area contributed by atoms with Crippen LogP contribution in [0.3, 0.4) is 0 Å². The molecule has 0 aliphatic heterocycles. The van der Waals surface area contributed by atoms with Crippen molar-refractivity contribution < 1.29 is 39.6 Å². The molecule has 6 unspecified atom stereocenters.